The molecule has 86 valence electrons. The van der Waals surface area contributed by atoms with Crippen molar-refractivity contribution in [3.63, 3.8) is 0 Å². The number of carbonyl (C=O) groups is 1. The zero-order chi connectivity index (χ0) is 10.9. The molecule has 4 nitrogen and oxygen atoms in total. The van der Waals surface area contributed by atoms with Crippen LogP contribution in [0.4, 0.5) is 0 Å². The Labute approximate surface area is 90.4 Å². The fourth-order valence-corrected chi connectivity index (χ4v) is 2.68. The van der Waals surface area contributed by atoms with Crippen molar-refractivity contribution in [2.24, 2.45) is 5.73 Å². The maximum atomic E-state index is 11.5. The van der Waals surface area contributed by atoms with Crippen molar-refractivity contribution in [2.75, 3.05) is 13.1 Å². The van der Waals surface area contributed by atoms with Gasteiger partial charge in [0.2, 0.25) is 5.91 Å². The normalized spacial score (nSPS) is 30.9. The molecule has 1 aliphatic heterocycles. The summed E-state index contributed by atoms with van der Waals surface area (Å²) in [5.41, 5.74) is 5.08. The summed E-state index contributed by atoms with van der Waals surface area (Å²) in [5, 5.41) is 10.3. The van der Waals surface area contributed by atoms with Gasteiger partial charge >= 0.3 is 0 Å². The first-order chi connectivity index (χ1) is 7.09. The lowest BCUT2D eigenvalue weighted by Gasteiger charge is -2.35. The molecule has 0 bridgehead atoms. The second-order valence-corrected chi connectivity index (χ2v) is 5.02. The van der Waals surface area contributed by atoms with Gasteiger partial charge in [-0.15, -0.1) is 0 Å². The molecule has 1 amide bonds. The van der Waals surface area contributed by atoms with E-state index in [1.165, 1.54) is 6.42 Å². The van der Waals surface area contributed by atoms with E-state index in [0.29, 0.717) is 19.5 Å². The predicted molar refractivity (Wildman–Crippen MR) is 57.2 cm³/mol. The van der Waals surface area contributed by atoms with E-state index in [1.807, 2.05) is 0 Å². The van der Waals surface area contributed by atoms with Gasteiger partial charge in [-0.05, 0) is 12.8 Å². The highest BCUT2D eigenvalue weighted by Crippen LogP contribution is 2.29. The number of hydrogen-bond acceptors (Lipinski definition) is 3. The van der Waals surface area contributed by atoms with Crippen LogP contribution >= 0.6 is 0 Å². The van der Waals surface area contributed by atoms with Crippen LogP contribution in [0, 0.1) is 0 Å². The molecule has 4 heteroatoms. The van der Waals surface area contributed by atoms with E-state index in [2.05, 4.69) is 0 Å². The molecule has 0 aromatic heterocycles. The van der Waals surface area contributed by atoms with Crippen LogP contribution in [0.25, 0.3) is 0 Å². The van der Waals surface area contributed by atoms with Crippen molar-refractivity contribution in [1.29, 1.82) is 0 Å². The van der Waals surface area contributed by atoms with Crippen LogP contribution in [-0.4, -0.2) is 40.6 Å². The van der Waals surface area contributed by atoms with Gasteiger partial charge in [-0.1, -0.05) is 19.3 Å². The van der Waals surface area contributed by atoms with Crippen LogP contribution in [0.1, 0.15) is 38.5 Å². The number of rotatable bonds is 2. The highest BCUT2D eigenvalue weighted by atomic mass is 16.3. The fraction of sp³-hybridized carbons (Fsp3) is 0.909. The molecule has 15 heavy (non-hydrogen) atoms. The third kappa shape index (κ3) is 2.49. The highest BCUT2D eigenvalue weighted by molar-refractivity contribution is 5.79. The van der Waals surface area contributed by atoms with E-state index in [0.717, 1.165) is 25.7 Å². The van der Waals surface area contributed by atoms with Gasteiger partial charge < -0.3 is 15.7 Å². The molecule has 3 N–H and O–H groups in total. The summed E-state index contributed by atoms with van der Waals surface area (Å²) >= 11 is 0. The lowest BCUT2D eigenvalue weighted by molar-refractivity contribution is -0.131. The van der Waals surface area contributed by atoms with Gasteiger partial charge in [0.15, 0.2) is 0 Å². The Balaban J connectivity index is 1.92. The van der Waals surface area contributed by atoms with E-state index < -0.39 is 5.60 Å². The molecule has 1 saturated heterocycles. The number of hydrogen-bond donors (Lipinski definition) is 2. The van der Waals surface area contributed by atoms with Gasteiger partial charge in [-0.25, -0.2) is 0 Å². The Bertz CT molecular complexity index is 249. The van der Waals surface area contributed by atoms with Crippen molar-refractivity contribution in [3.8, 4) is 0 Å². The minimum absolute atomic E-state index is 0.0373. The molecule has 1 atom stereocenters. The monoisotopic (exact) mass is 212 g/mol. The second kappa shape index (κ2) is 4.10. The van der Waals surface area contributed by atoms with Crippen LogP contribution in [0.15, 0.2) is 0 Å². The van der Waals surface area contributed by atoms with Crippen molar-refractivity contribution in [1.82, 2.24) is 4.90 Å². The number of nitrogens with two attached hydrogens (primary N) is 1. The zero-order valence-corrected chi connectivity index (χ0v) is 9.11. The SMILES string of the molecule is NC1CC(=O)N(CC2(O)CCCCC2)C1. The van der Waals surface area contributed by atoms with Crippen LogP contribution < -0.4 is 5.73 Å². The summed E-state index contributed by atoms with van der Waals surface area (Å²) < 4.78 is 0. The molecule has 2 rings (SSSR count). The van der Waals surface area contributed by atoms with Gasteiger partial charge in [0.1, 0.15) is 0 Å². The molecular formula is C11H20N2O2. The van der Waals surface area contributed by atoms with E-state index in [-0.39, 0.29) is 11.9 Å². The van der Waals surface area contributed by atoms with Gasteiger partial charge in [-0.2, -0.15) is 0 Å². The van der Waals surface area contributed by atoms with Crippen LogP contribution in [0.2, 0.25) is 0 Å². The Morgan fingerprint density at radius 2 is 2.07 bits per heavy atom. The first-order valence-electron chi connectivity index (χ1n) is 5.85. The molecule has 1 aliphatic carbocycles. The lowest BCUT2D eigenvalue weighted by Crippen LogP contribution is -2.45. The highest BCUT2D eigenvalue weighted by Gasteiger charge is 2.36. The fourth-order valence-electron chi connectivity index (χ4n) is 2.68. The van der Waals surface area contributed by atoms with Crippen LogP contribution in [-0.2, 0) is 4.79 Å². The molecule has 1 heterocycles. The molecular weight excluding hydrogens is 192 g/mol. The minimum Gasteiger partial charge on any atom is -0.388 e. The van der Waals surface area contributed by atoms with E-state index in [9.17, 15) is 9.90 Å². The average Bonchev–Trinajstić information content (AvgIpc) is 2.45. The summed E-state index contributed by atoms with van der Waals surface area (Å²) in [6.45, 7) is 1.10. The Hall–Kier alpha value is -0.610. The molecule has 2 fully saturated rings. The smallest absolute Gasteiger partial charge is 0.224 e. The summed E-state index contributed by atoms with van der Waals surface area (Å²) in [6, 6.07) is -0.0373. The largest absolute Gasteiger partial charge is 0.388 e. The summed E-state index contributed by atoms with van der Waals surface area (Å²) in [4.78, 5) is 13.3. The van der Waals surface area contributed by atoms with Gasteiger partial charge in [0.05, 0.1) is 5.60 Å². The maximum absolute atomic E-state index is 11.5. The van der Waals surface area contributed by atoms with Gasteiger partial charge in [0, 0.05) is 25.6 Å². The van der Waals surface area contributed by atoms with E-state index in [1.54, 1.807) is 4.90 Å². The number of likely N-dealkylation sites (tertiary alicyclic amines) is 1. The van der Waals surface area contributed by atoms with Crippen LogP contribution in [0.5, 0.6) is 0 Å². The van der Waals surface area contributed by atoms with E-state index in [4.69, 9.17) is 5.73 Å². The molecule has 2 aliphatic rings. The quantitative estimate of drug-likeness (QED) is 0.689. The third-order valence-corrected chi connectivity index (χ3v) is 3.51. The topological polar surface area (TPSA) is 66.6 Å². The molecule has 0 aromatic carbocycles. The predicted octanol–water partition coefficient (Wildman–Crippen LogP) is 0.241. The van der Waals surface area contributed by atoms with E-state index >= 15 is 0 Å². The standard InChI is InChI=1S/C11H20N2O2/c12-9-6-10(14)13(7-9)8-11(15)4-2-1-3-5-11/h9,15H,1-8,12H2. The molecule has 0 spiro atoms. The Morgan fingerprint density at radius 3 is 2.60 bits per heavy atom. The molecule has 1 unspecified atom stereocenters. The zero-order valence-electron chi connectivity index (χ0n) is 9.11. The van der Waals surface area contributed by atoms with Crippen molar-refractivity contribution >= 4 is 5.91 Å². The third-order valence-electron chi connectivity index (χ3n) is 3.51. The van der Waals surface area contributed by atoms with Crippen LogP contribution in [0.3, 0.4) is 0 Å². The number of aliphatic hydroxyl groups is 1. The van der Waals surface area contributed by atoms with Gasteiger partial charge in [-0.3, -0.25) is 4.79 Å². The lowest BCUT2D eigenvalue weighted by atomic mass is 9.84. The number of β-amino-alcohol motifs (C(OH)–C–C–N with tert-alkyl or cyclic N) is 1. The maximum Gasteiger partial charge on any atom is 0.224 e. The summed E-state index contributed by atoms with van der Waals surface area (Å²) in [6.07, 6.45) is 5.44. The second-order valence-electron chi connectivity index (χ2n) is 5.02. The van der Waals surface area contributed by atoms with Crippen molar-refractivity contribution in [2.45, 2.75) is 50.2 Å². The van der Waals surface area contributed by atoms with Crippen molar-refractivity contribution in [3.05, 3.63) is 0 Å². The Morgan fingerprint density at radius 1 is 1.40 bits per heavy atom. The summed E-state index contributed by atoms with van der Waals surface area (Å²) in [5.74, 6) is 0.0986. The first-order valence-corrected chi connectivity index (χ1v) is 5.85. The number of nitrogens with zero attached hydrogens (tertiary/aromatic N) is 1. The molecule has 0 aromatic rings. The minimum atomic E-state index is -0.641. The Kier molecular flexibility index (Phi) is 2.98. The number of amides is 1. The van der Waals surface area contributed by atoms with Crippen molar-refractivity contribution < 1.29 is 9.90 Å². The molecule has 1 saturated carbocycles. The average molecular weight is 212 g/mol. The number of carbonyl (C=O) groups excluding carboxylic acids is 1. The molecule has 0 radical (unpaired) electrons. The van der Waals surface area contributed by atoms with Gasteiger partial charge in [0.25, 0.3) is 0 Å². The summed E-state index contributed by atoms with van der Waals surface area (Å²) in [7, 11) is 0. The first kappa shape index (κ1) is 10.9.